The molecule has 0 atom stereocenters. The summed E-state index contributed by atoms with van der Waals surface area (Å²) in [5, 5.41) is 11.9. The summed E-state index contributed by atoms with van der Waals surface area (Å²) >= 11 is 0. The fourth-order valence-electron chi connectivity index (χ4n) is 2.27. The first-order valence-electron chi connectivity index (χ1n) is 7.96. The van der Waals surface area contributed by atoms with Gasteiger partial charge < -0.3 is 15.2 Å². The van der Waals surface area contributed by atoms with E-state index < -0.39 is 0 Å². The topological polar surface area (TPSA) is 41.5 Å². The van der Waals surface area contributed by atoms with Gasteiger partial charge in [-0.2, -0.15) is 0 Å². The van der Waals surface area contributed by atoms with E-state index in [1.165, 1.54) is 11.1 Å². The molecule has 0 heterocycles. The molecule has 23 heavy (non-hydrogen) atoms. The number of aryl methyl sites for hydroxylation is 1. The molecule has 0 radical (unpaired) electrons. The molecule has 0 saturated carbocycles. The Hall–Kier alpha value is -1.55. The molecule has 0 amide bonds. The first-order chi connectivity index (χ1) is 10.9. The van der Waals surface area contributed by atoms with Crippen molar-refractivity contribution in [3.63, 3.8) is 0 Å². The van der Waals surface area contributed by atoms with Crippen LogP contribution in [0.5, 0.6) is 5.75 Å². The van der Waals surface area contributed by atoms with Crippen LogP contribution >= 0.6 is 12.4 Å². The summed E-state index contributed by atoms with van der Waals surface area (Å²) in [5.74, 6) is 0.905. The Morgan fingerprint density at radius 1 is 0.826 bits per heavy atom. The van der Waals surface area contributed by atoms with Crippen LogP contribution in [0, 0.1) is 0 Å². The summed E-state index contributed by atoms with van der Waals surface area (Å²) in [6.07, 6.45) is 3.40. The van der Waals surface area contributed by atoms with E-state index in [4.69, 9.17) is 9.84 Å². The quantitative estimate of drug-likeness (QED) is 0.652. The molecule has 0 spiro atoms. The maximum absolute atomic E-state index is 8.67. The van der Waals surface area contributed by atoms with Crippen molar-refractivity contribution < 1.29 is 9.84 Å². The number of hydrogen-bond donors (Lipinski definition) is 2. The van der Waals surface area contributed by atoms with Gasteiger partial charge >= 0.3 is 0 Å². The number of aliphatic hydroxyl groups excluding tert-OH is 1. The van der Waals surface area contributed by atoms with Crippen molar-refractivity contribution in [2.45, 2.75) is 25.9 Å². The molecule has 2 aromatic carbocycles. The van der Waals surface area contributed by atoms with Crippen LogP contribution in [0.1, 0.15) is 24.0 Å². The number of para-hydroxylation sites is 1. The second-order valence-electron chi connectivity index (χ2n) is 5.35. The molecule has 0 aliphatic heterocycles. The molecule has 4 heteroatoms. The van der Waals surface area contributed by atoms with Crippen molar-refractivity contribution in [1.29, 1.82) is 0 Å². The highest BCUT2D eigenvalue weighted by Crippen LogP contribution is 2.13. The van der Waals surface area contributed by atoms with Crippen LogP contribution in [0.2, 0.25) is 0 Å². The molecule has 0 fully saturated rings. The van der Waals surface area contributed by atoms with E-state index in [0.717, 1.165) is 31.6 Å². The number of hydrogen-bond acceptors (Lipinski definition) is 3. The molecule has 0 saturated heterocycles. The Kier molecular flexibility index (Phi) is 10.1. The molecule has 0 aliphatic carbocycles. The van der Waals surface area contributed by atoms with Crippen molar-refractivity contribution >= 4 is 12.4 Å². The lowest BCUT2D eigenvalue weighted by atomic mass is 10.1. The van der Waals surface area contributed by atoms with Crippen LogP contribution in [-0.2, 0) is 13.0 Å². The van der Waals surface area contributed by atoms with E-state index in [-0.39, 0.29) is 19.0 Å². The maximum Gasteiger partial charge on any atom is 0.119 e. The lowest BCUT2D eigenvalue weighted by Crippen LogP contribution is -2.19. The fourth-order valence-corrected chi connectivity index (χ4v) is 2.27. The summed E-state index contributed by atoms with van der Waals surface area (Å²) in [5.41, 5.74) is 2.56. The summed E-state index contributed by atoms with van der Waals surface area (Å²) in [7, 11) is 0. The lowest BCUT2D eigenvalue weighted by molar-refractivity contribution is 0.292. The highest BCUT2D eigenvalue weighted by Gasteiger charge is 1.97. The standard InChI is InChI=1S/C19H25NO2.ClH/c21-15-14-20-13-5-4-6-17-9-11-18(12-10-17)16-22-19-7-2-1-3-8-19;/h1-3,7-12,20-21H,4-6,13-16H2;1H. The van der Waals surface area contributed by atoms with E-state index in [1.807, 2.05) is 30.3 Å². The van der Waals surface area contributed by atoms with Gasteiger partial charge in [0.25, 0.3) is 0 Å². The molecule has 0 aliphatic rings. The smallest absolute Gasteiger partial charge is 0.119 e. The van der Waals surface area contributed by atoms with Crippen LogP contribution in [0.15, 0.2) is 54.6 Å². The minimum absolute atomic E-state index is 0. The number of unbranched alkanes of at least 4 members (excludes halogenated alkanes) is 1. The minimum atomic E-state index is 0. The molecular weight excluding hydrogens is 310 g/mol. The van der Waals surface area contributed by atoms with Crippen LogP contribution in [0.25, 0.3) is 0 Å². The third kappa shape index (κ3) is 8.03. The fraction of sp³-hybridized carbons (Fsp3) is 0.368. The largest absolute Gasteiger partial charge is 0.489 e. The Labute approximate surface area is 145 Å². The van der Waals surface area contributed by atoms with Gasteiger partial charge in [-0.05, 0) is 49.1 Å². The second kappa shape index (κ2) is 11.9. The molecule has 2 aromatic rings. The second-order valence-corrected chi connectivity index (χ2v) is 5.35. The predicted molar refractivity (Wildman–Crippen MR) is 97.4 cm³/mol. The van der Waals surface area contributed by atoms with Gasteiger partial charge in [0, 0.05) is 6.54 Å². The number of nitrogens with one attached hydrogen (secondary N) is 1. The van der Waals surface area contributed by atoms with Crippen LogP contribution < -0.4 is 10.1 Å². The highest BCUT2D eigenvalue weighted by atomic mass is 35.5. The van der Waals surface area contributed by atoms with Gasteiger partial charge in [-0.25, -0.2) is 0 Å². The predicted octanol–water partition coefficient (Wildman–Crippen LogP) is 3.59. The third-order valence-electron chi connectivity index (χ3n) is 3.53. The van der Waals surface area contributed by atoms with E-state index in [1.54, 1.807) is 0 Å². The first-order valence-corrected chi connectivity index (χ1v) is 7.96. The summed E-state index contributed by atoms with van der Waals surface area (Å²) in [4.78, 5) is 0. The molecule has 126 valence electrons. The zero-order valence-corrected chi connectivity index (χ0v) is 14.2. The van der Waals surface area contributed by atoms with Crippen molar-refractivity contribution in [3.05, 3.63) is 65.7 Å². The molecular formula is C19H26ClNO2. The average Bonchev–Trinajstić information content (AvgIpc) is 2.58. The van der Waals surface area contributed by atoms with Gasteiger partial charge in [-0.1, -0.05) is 42.5 Å². The van der Waals surface area contributed by atoms with E-state index in [2.05, 4.69) is 29.6 Å². The molecule has 3 nitrogen and oxygen atoms in total. The first kappa shape index (κ1) is 19.5. The van der Waals surface area contributed by atoms with E-state index >= 15 is 0 Å². The summed E-state index contributed by atoms with van der Waals surface area (Å²) in [6.45, 7) is 2.49. The molecule has 2 rings (SSSR count). The Morgan fingerprint density at radius 2 is 1.52 bits per heavy atom. The van der Waals surface area contributed by atoms with Gasteiger partial charge in [0.1, 0.15) is 12.4 Å². The number of benzene rings is 2. The summed E-state index contributed by atoms with van der Waals surface area (Å²) in [6, 6.07) is 18.5. The van der Waals surface area contributed by atoms with Crippen molar-refractivity contribution in [1.82, 2.24) is 5.32 Å². The van der Waals surface area contributed by atoms with Crippen LogP contribution in [-0.4, -0.2) is 24.8 Å². The highest BCUT2D eigenvalue weighted by molar-refractivity contribution is 5.85. The van der Waals surface area contributed by atoms with Gasteiger partial charge in [-0.3, -0.25) is 0 Å². The van der Waals surface area contributed by atoms with Gasteiger partial charge in [0.2, 0.25) is 0 Å². The normalized spacial score (nSPS) is 10.1. The SMILES string of the molecule is Cl.OCCNCCCCc1ccc(COc2ccccc2)cc1. The number of rotatable bonds is 10. The van der Waals surface area contributed by atoms with Gasteiger partial charge in [0.05, 0.1) is 6.61 Å². The zero-order chi connectivity index (χ0) is 15.5. The zero-order valence-electron chi connectivity index (χ0n) is 13.4. The monoisotopic (exact) mass is 335 g/mol. The van der Waals surface area contributed by atoms with Crippen molar-refractivity contribution in [2.24, 2.45) is 0 Å². The Bertz CT molecular complexity index is 517. The van der Waals surface area contributed by atoms with E-state index in [9.17, 15) is 0 Å². The van der Waals surface area contributed by atoms with Gasteiger partial charge in [0.15, 0.2) is 0 Å². The number of aliphatic hydroxyl groups is 1. The maximum atomic E-state index is 8.67. The average molecular weight is 336 g/mol. The Balaban J connectivity index is 0.00000264. The lowest BCUT2D eigenvalue weighted by Gasteiger charge is -2.07. The summed E-state index contributed by atoms with van der Waals surface area (Å²) < 4.78 is 5.74. The molecule has 2 N–H and O–H groups in total. The van der Waals surface area contributed by atoms with Crippen LogP contribution in [0.4, 0.5) is 0 Å². The third-order valence-corrected chi connectivity index (χ3v) is 3.53. The van der Waals surface area contributed by atoms with Gasteiger partial charge in [-0.15, -0.1) is 12.4 Å². The van der Waals surface area contributed by atoms with Crippen molar-refractivity contribution in [3.8, 4) is 5.75 Å². The van der Waals surface area contributed by atoms with E-state index in [0.29, 0.717) is 13.2 Å². The Morgan fingerprint density at radius 3 is 2.22 bits per heavy atom. The number of halogens is 1. The number of ether oxygens (including phenoxy) is 1. The molecule has 0 aromatic heterocycles. The van der Waals surface area contributed by atoms with Crippen LogP contribution in [0.3, 0.4) is 0 Å². The minimum Gasteiger partial charge on any atom is -0.489 e. The molecule has 0 bridgehead atoms. The molecule has 0 unspecified atom stereocenters. The van der Waals surface area contributed by atoms with Crippen molar-refractivity contribution in [2.75, 3.05) is 19.7 Å².